The highest BCUT2D eigenvalue weighted by Crippen LogP contribution is 2.24. The Morgan fingerprint density at radius 3 is 2.96 bits per heavy atom. The van der Waals surface area contributed by atoms with E-state index in [1.807, 2.05) is 34.8 Å². The van der Waals surface area contributed by atoms with E-state index in [-0.39, 0.29) is 5.56 Å². The fourth-order valence-electron chi connectivity index (χ4n) is 4.01. The number of β-amino-alcohol motifs (C(OH)–C–C–N with tert-alkyl or cyclic N) is 1. The molecule has 3 aromatic rings. The summed E-state index contributed by atoms with van der Waals surface area (Å²) < 4.78 is 4.23. The van der Waals surface area contributed by atoms with Gasteiger partial charge in [-0.15, -0.1) is 21.5 Å². The Morgan fingerprint density at radius 2 is 2.19 bits per heavy atom. The lowest BCUT2D eigenvalue weighted by Crippen LogP contribution is -2.53. The highest BCUT2D eigenvalue weighted by atomic mass is 32.1. The minimum absolute atomic E-state index is 0.0419. The predicted molar refractivity (Wildman–Crippen MR) is 102 cm³/mol. The molecule has 1 aliphatic rings. The van der Waals surface area contributed by atoms with Crippen molar-refractivity contribution < 1.29 is 5.11 Å². The van der Waals surface area contributed by atoms with Crippen LogP contribution in [0.1, 0.15) is 18.7 Å². The minimum atomic E-state index is -0.702. The molecule has 0 amide bonds. The normalized spacial score (nSPS) is 22.0. The average Bonchev–Trinajstić information content (AvgIpc) is 3.18. The molecule has 1 N–H and O–H groups in total. The molecule has 1 fully saturated rings. The van der Waals surface area contributed by atoms with E-state index in [1.165, 1.54) is 11.3 Å². The van der Waals surface area contributed by atoms with Crippen molar-refractivity contribution in [2.24, 2.45) is 7.05 Å². The van der Waals surface area contributed by atoms with E-state index < -0.39 is 5.60 Å². The molecule has 140 valence electrons. The van der Waals surface area contributed by atoms with E-state index in [0.29, 0.717) is 30.1 Å². The number of thiophene rings is 1. The van der Waals surface area contributed by atoms with Gasteiger partial charge < -0.3 is 10.0 Å². The van der Waals surface area contributed by atoms with Gasteiger partial charge in [0.15, 0.2) is 5.82 Å². The SMILES string of the molecule is CN(C)CC1(O)CCCN(Cc2nnc3n(C)c(=O)c4sccc4n23)C1. The lowest BCUT2D eigenvalue weighted by atomic mass is 9.92. The van der Waals surface area contributed by atoms with Crippen LogP contribution < -0.4 is 5.56 Å². The molecule has 0 radical (unpaired) electrons. The van der Waals surface area contributed by atoms with Crippen LogP contribution in [0.4, 0.5) is 0 Å². The Bertz CT molecular complexity index is 1010. The fourth-order valence-corrected chi connectivity index (χ4v) is 4.86. The number of piperidine rings is 1. The molecule has 4 rings (SSSR count). The summed E-state index contributed by atoms with van der Waals surface area (Å²) in [5.74, 6) is 1.35. The van der Waals surface area contributed by atoms with E-state index >= 15 is 0 Å². The quantitative estimate of drug-likeness (QED) is 0.716. The Kier molecular flexibility index (Phi) is 4.34. The molecule has 1 aliphatic heterocycles. The first kappa shape index (κ1) is 17.6. The van der Waals surface area contributed by atoms with Crippen molar-refractivity contribution in [3.8, 4) is 0 Å². The highest BCUT2D eigenvalue weighted by molar-refractivity contribution is 7.17. The molecule has 9 heteroatoms. The zero-order chi connectivity index (χ0) is 18.5. The lowest BCUT2D eigenvalue weighted by Gasteiger charge is -2.40. The summed E-state index contributed by atoms with van der Waals surface area (Å²) in [4.78, 5) is 16.7. The first-order chi connectivity index (χ1) is 12.4. The number of fused-ring (bicyclic) bond motifs is 3. The molecule has 1 atom stereocenters. The van der Waals surface area contributed by atoms with Crippen LogP contribution in [-0.4, -0.2) is 73.4 Å². The van der Waals surface area contributed by atoms with Gasteiger partial charge in [-0.25, -0.2) is 0 Å². The van der Waals surface area contributed by atoms with E-state index in [9.17, 15) is 9.90 Å². The summed E-state index contributed by atoms with van der Waals surface area (Å²) in [6.07, 6.45) is 1.76. The molecule has 0 spiro atoms. The fraction of sp³-hybridized carbons (Fsp3) is 0.588. The van der Waals surface area contributed by atoms with Crippen LogP contribution in [0.15, 0.2) is 16.2 Å². The Morgan fingerprint density at radius 1 is 1.38 bits per heavy atom. The number of likely N-dealkylation sites (tertiary alicyclic amines) is 1. The molecule has 1 unspecified atom stereocenters. The summed E-state index contributed by atoms with van der Waals surface area (Å²) in [5, 5.41) is 21.4. The van der Waals surface area contributed by atoms with E-state index in [0.717, 1.165) is 30.7 Å². The number of hydrogen-bond acceptors (Lipinski definition) is 7. The summed E-state index contributed by atoms with van der Waals surface area (Å²) >= 11 is 1.44. The summed E-state index contributed by atoms with van der Waals surface area (Å²) in [6.45, 7) is 2.77. The van der Waals surface area contributed by atoms with Crippen molar-refractivity contribution >= 4 is 27.3 Å². The topological polar surface area (TPSA) is 78.9 Å². The monoisotopic (exact) mass is 376 g/mol. The zero-order valence-corrected chi connectivity index (χ0v) is 16.2. The standard InChI is InChI=1S/C17H24N6O2S/c1-20(2)10-17(25)6-4-7-22(11-17)9-13-18-19-16-21(3)15(24)14-12(23(13)16)5-8-26-14/h5,8,25H,4,6-7,9-11H2,1-3H3. The molecule has 0 saturated carbocycles. The van der Waals surface area contributed by atoms with Gasteiger partial charge in [0, 0.05) is 20.1 Å². The molecule has 0 bridgehead atoms. The molecule has 0 aromatic carbocycles. The molecule has 4 heterocycles. The molecule has 3 aromatic heterocycles. The van der Waals surface area contributed by atoms with Crippen molar-refractivity contribution in [1.82, 2.24) is 29.0 Å². The number of rotatable bonds is 4. The van der Waals surface area contributed by atoms with Crippen molar-refractivity contribution in [2.45, 2.75) is 25.0 Å². The van der Waals surface area contributed by atoms with Crippen molar-refractivity contribution in [3.05, 3.63) is 27.6 Å². The Hall–Kier alpha value is -1.81. The second kappa shape index (κ2) is 6.41. The smallest absolute Gasteiger partial charge is 0.272 e. The van der Waals surface area contributed by atoms with Gasteiger partial charge in [-0.05, 0) is 44.9 Å². The molecular formula is C17H24N6O2S. The molecule has 0 aliphatic carbocycles. The number of likely N-dealkylation sites (N-methyl/N-ethyl adjacent to an activating group) is 1. The number of hydrogen-bond donors (Lipinski definition) is 1. The highest BCUT2D eigenvalue weighted by Gasteiger charge is 2.34. The molecule has 8 nitrogen and oxygen atoms in total. The summed E-state index contributed by atoms with van der Waals surface area (Å²) in [6, 6.07) is 1.94. The minimum Gasteiger partial charge on any atom is -0.387 e. The van der Waals surface area contributed by atoms with E-state index in [2.05, 4.69) is 15.1 Å². The first-order valence-corrected chi connectivity index (χ1v) is 9.66. The number of aromatic nitrogens is 4. The molecular weight excluding hydrogens is 352 g/mol. The van der Waals surface area contributed by atoms with Crippen LogP contribution in [0.25, 0.3) is 16.0 Å². The van der Waals surface area contributed by atoms with Crippen molar-refractivity contribution in [3.63, 3.8) is 0 Å². The van der Waals surface area contributed by atoms with E-state index in [4.69, 9.17) is 0 Å². The number of aliphatic hydroxyl groups is 1. The molecule has 26 heavy (non-hydrogen) atoms. The maximum Gasteiger partial charge on any atom is 0.272 e. The third-order valence-corrected chi connectivity index (χ3v) is 5.90. The predicted octanol–water partition coefficient (Wildman–Crippen LogP) is 0.531. The Labute approximate surface area is 155 Å². The van der Waals surface area contributed by atoms with Crippen LogP contribution >= 0.6 is 11.3 Å². The van der Waals surface area contributed by atoms with Crippen LogP contribution in [0, 0.1) is 0 Å². The Balaban J connectivity index is 1.69. The molecule has 1 saturated heterocycles. The second-order valence-electron chi connectivity index (χ2n) is 7.53. The lowest BCUT2D eigenvalue weighted by molar-refractivity contribution is -0.0485. The van der Waals surface area contributed by atoms with Gasteiger partial charge in [-0.1, -0.05) is 0 Å². The second-order valence-corrected chi connectivity index (χ2v) is 8.44. The van der Waals surface area contributed by atoms with Gasteiger partial charge in [0.2, 0.25) is 5.78 Å². The average molecular weight is 376 g/mol. The van der Waals surface area contributed by atoms with Gasteiger partial charge in [0.1, 0.15) is 4.70 Å². The summed E-state index contributed by atoms with van der Waals surface area (Å²) in [5.41, 5.74) is 0.112. The number of nitrogens with zero attached hydrogens (tertiary/aromatic N) is 6. The third kappa shape index (κ3) is 2.94. The third-order valence-electron chi connectivity index (χ3n) is 5.01. The van der Waals surface area contributed by atoms with E-state index in [1.54, 1.807) is 11.6 Å². The number of aryl methyl sites for hydroxylation is 1. The van der Waals surface area contributed by atoms with Gasteiger partial charge in [0.25, 0.3) is 5.56 Å². The van der Waals surface area contributed by atoms with Gasteiger partial charge in [-0.2, -0.15) is 0 Å². The van der Waals surface area contributed by atoms with Crippen molar-refractivity contribution in [1.29, 1.82) is 0 Å². The maximum absolute atomic E-state index is 12.4. The van der Waals surface area contributed by atoms with Crippen LogP contribution in [0.2, 0.25) is 0 Å². The van der Waals surface area contributed by atoms with Crippen LogP contribution in [0.5, 0.6) is 0 Å². The largest absolute Gasteiger partial charge is 0.387 e. The van der Waals surface area contributed by atoms with Crippen LogP contribution in [0.3, 0.4) is 0 Å². The van der Waals surface area contributed by atoms with Crippen molar-refractivity contribution in [2.75, 3.05) is 33.7 Å². The van der Waals surface area contributed by atoms with Crippen LogP contribution in [-0.2, 0) is 13.6 Å². The van der Waals surface area contributed by atoms with Gasteiger partial charge >= 0.3 is 0 Å². The van der Waals surface area contributed by atoms with Gasteiger partial charge in [-0.3, -0.25) is 18.7 Å². The summed E-state index contributed by atoms with van der Waals surface area (Å²) in [7, 11) is 5.69. The first-order valence-electron chi connectivity index (χ1n) is 8.78. The zero-order valence-electron chi connectivity index (χ0n) is 15.3. The van der Waals surface area contributed by atoms with Gasteiger partial charge in [0.05, 0.1) is 17.7 Å². The maximum atomic E-state index is 12.4.